The van der Waals surface area contributed by atoms with Crippen molar-refractivity contribution in [3.05, 3.63) is 0 Å². The van der Waals surface area contributed by atoms with Crippen LogP contribution in [0.25, 0.3) is 0 Å². The Morgan fingerprint density at radius 1 is 1.31 bits per heavy atom. The van der Waals surface area contributed by atoms with E-state index in [4.69, 9.17) is 5.73 Å². The first-order chi connectivity index (χ1) is 7.76. The normalized spacial score (nSPS) is 25.9. The van der Waals surface area contributed by atoms with Gasteiger partial charge in [0.15, 0.2) is 0 Å². The second kappa shape index (κ2) is 5.50. The Kier molecular flexibility index (Phi) is 4.26. The second-order valence-corrected chi connectivity index (χ2v) is 6.03. The van der Waals surface area contributed by atoms with Gasteiger partial charge in [0.2, 0.25) is 0 Å². The van der Waals surface area contributed by atoms with Crippen molar-refractivity contribution in [1.82, 2.24) is 5.32 Å². The number of hydrogen-bond donors (Lipinski definition) is 2. The van der Waals surface area contributed by atoms with Crippen molar-refractivity contribution < 1.29 is 0 Å². The molecule has 1 unspecified atom stereocenters. The third-order valence-corrected chi connectivity index (χ3v) is 4.80. The molecule has 0 heterocycles. The first-order valence-corrected chi connectivity index (χ1v) is 7.22. The molecule has 0 bridgehead atoms. The summed E-state index contributed by atoms with van der Waals surface area (Å²) in [5.41, 5.74) is 6.73. The maximum Gasteiger partial charge on any atom is 0.00792 e. The highest BCUT2D eigenvalue weighted by Crippen LogP contribution is 2.40. The maximum atomic E-state index is 6.10. The zero-order chi connectivity index (χ0) is 11.4. The third-order valence-electron chi connectivity index (χ3n) is 4.80. The van der Waals surface area contributed by atoms with Crippen molar-refractivity contribution in [2.24, 2.45) is 17.1 Å². The van der Waals surface area contributed by atoms with Gasteiger partial charge in [-0.3, -0.25) is 0 Å². The molecule has 0 aromatic rings. The first-order valence-electron chi connectivity index (χ1n) is 7.22. The van der Waals surface area contributed by atoms with Crippen molar-refractivity contribution >= 4 is 0 Å². The fourth-order valence-corrected chi connectivity index (χ4v) is 3.16. The molecule has 2 nitrogen and oxygen atoms in total. The highest BCUT2D eigenvalue weighted by molar-refractivity contribution is 4.87. The van der Waals surface area contributed by atoms with Gasteiger partial charge in [-0.25, -0.2) is 0 Å². The lowest BCUT2D eigenvalue weighted by Crippen LogP contribution is -2.35. The molecule has 0 spiro atoms. The van der Waals surface area contributed by atoms with Gasteiger partial charge >= 0.3 is 0 Å². The van der Waals surface area contributed by atoms with Crippen molar-refractivity contribution in [3.63, 3.8) is 0 Å². The Labute approximate surface area is 100 Å². The van der Waals surface area contributed by atoms with Gasteiger partial charge in [0.25, 0.3) is 0 Å². The molecule has 0 aromatic carbocycles. The smallest absolute Gasteiger partial charge is 0.00792 e. The van der Waals surface area contributed by atoms with Crippen LogP contribution in [0.2, 0.25) is 0 Å². The minimum absolute atomic E-state index is 0.466. The molecule has 2 saturated carbocycles. The van der Waals surface area contributed by atoms with Gasteiger partial charge in [-0.1, -0.05) is 19.8 Å². The number of nitrogens with two attached hydrogens (primary N) is 1. The Morgan fingerprint density at radius 2 is 2.00 bits per heavy atom. The molecule has 0 radical (unpaired) electrons. The fourth-order valence-electron chi connectivity index (χ4n) is 3.16. The summed E-state index contributed by atoms with van der Waals surface area (Å²) in [5.74, 6) is 0.855. The highest BCUT2D eigenvalue weighted by atomic mass is 14.9. The summed E-state index contributed by atoms with van der Waals surface area (Å²) in [6, 6.07) is 0.466. The lowest BCUT2D eigenvalue weighted by molar-refractivity contribution is 0.267. The average molecular weight is 224 g/mol. The largest absolute Gasteiger partial charge is 0.327 e. The van der Waals surface area contributed by atoms with Gasteiger partial charge in [0.1, 0.15) is 0 Å². The van der Waals surface area contributed by atoms with Crippen LogP contribution in [-0.2, 0) is 0 Å². The number of hydrogen-bond acceptors (Lipinski definition) is 2. The van der Waals surface area contributed by atoms with Gasteiger partial charge in [0.05, 0.1) is 0 Å². The van der Waals surface area contributed by atoms with Crippen molar-refractivity contribution in [1.29, 1.82) is 0 Å². The fraction of sp³-hybridized carbons (Fsp3) is 1.00. The Morgan fingerprint density at radius 3 is 2.56 bits per heavy atom. The number of nitrogens with one attached hydrogen (secondary N) is 1. The number of rotatable bonds is 7. The van der Waals surface area contributed by atoms with E-state index < -0.39 is 0 Å². The SMILES string of the molecule is CCC1(CNCCC(N)C2CC2)CCCC1. The van der Waals surface area contributed by atoms with E-state index in [1.54, 1.807) is 0 Å². The predicted octanol–water partition coefficient (Wildman–Crippen LogP) is 2.67. The van der Waals surface area contributed by atoms with Crippen LogP contribution in [0.3, 0.4) is 0 Å². The molecule has 2 aliphatic rings. The molecule has 3 N–H and O–H groups in total. The molecule has 2 rings (SSSR count). The van der Waals surface area contributed by atoms with E-state index in [9.17, 15) is 0 Å². The lowest BCUT2D eigenvalue weighted by atomic mass is 9.83. The standard InChI is InChI=1S/C14H28N2/c1-2-14(8-3-4-9-14)11-16-10-7-13(15)12-5-6-12/h12-13,16H,2-11,15H2,1H3. The Hall–Kier alpha value is -0.0800. The summed E-state index contributed by atoms with van der Waals surface area (Å²) in [6.45, 7) is 4.70. The summed E-state index contributed by atoms with van der Waals surface area (Å²) in [7, 11) is 0. The summed E-state index contributed by atoms with van der Waals surface area (Å²) in [5, 5.41) is 3.65. The van der Waals surface area contributed by atoms with Crippen molar-refractivity contribution in [2.75, 3.05) is 13.1 Å². The lowest BCUT2D eigenvalue weighted by Gasteiger charge is -2.28. The molecule has 16 heavy (non-hydrogen) atoms. The van der Waals surface area contributed by atoms with E-state index in [2.05, 4.69) is 12.2 Å². The second-order valence-electron chi connectivity index (χ2n) is 6.03. The molecule has 0 amide bonds. The van der Waals surface area contributed by atoms with E-state index in [0.29, 0.717) is 11.5 Å². The monoisotopic (exact) mass is 224 g/mol. The molecule has 94 valence electrons. The van der Waals surface area contributed by atoms with Gasteiger partial charge in [-0.15, -0.1) is 0 Å². The summed E-state index contributed by atoms with van der Waals surface area (Å²) >= 11 is 0. The van der Waals surface area contributed by atoms with Crippen LogP contribution in [0, 0.1) is 11.3 Å². The van der Waals surface area contributed by atoms with Crippen LogP contribution in [0.15, 0.2) is 0 Å². The van der Waals surface area contributed by atoms with Crippen LogP contribution in [0.4, 0.5) is 0 Å². The van der Waals surface area contributed by atoms with E-state index >= 15 is 0 Å². The molecule has 2 aliphatic carbocycles. The predicted molar refractivity (Wildman–Crippen MR) is 69.4 cm³/mol. The summed E-state index contributed by atoms with van der Waals surface area (Å²) in [4.78, 5) is 0. The Balaban J connectivity index is 1.59. The van der Waals surface area contributed by atoms with E-state index in [1.807, 2.05) is 0 Å². The zero-order valence-electron chi connectivity index (χ0n) is 10.8. The molecule has 0 saturated heterocycles. The Bertz CT molecular complexity index is 205. The third kappa shape index (κ3) is 3.21. The van der Waals surface area contributed by atoms with Gasteiger partial charge in [-0.2, -0.15) is 0 Å². The summed E-state index contributed by atoms with van der Waals surface area (Å²) < 4.78 is 0. The molecular weight excluding hydrogens is 196 g/mol. The van der Waals surface area contributed by atoms with Crippen LogP contribution in [0.1, 0.15) is 58.3 Å². The minimum atomic E-state index is 0.466. The average Bonchev–Trinajstić information content (AvgIpc) is 3.05. The minimum Gasteiger partial charge on any atom is -0.327 e. The van der Waals surface area contributed by atoms with E-state index in [1.165, 1.54) is 57.9 Å². The first kappa shape index (κ1) is 12.4. The van der Waals surface area contributed by atoms with Crippen molar-refractivity contribution in [2.45, 2.75) is 64.3 Å². The van der Waals surface area contributed by atoms with Gasteiger partial charge < -0.3 is 11.1 Å². The van der Waals surface area contributed by atoms with E-state index in [0.717, 1.165) is 12.5 Å². The van der Waals surface area contributed by atoms with E-state index in [-0.39, 0.29) is 0 Å². The van der Waals surface area contributed by atoms with Crippen molar-refractivity contribution in [3.8, 4) is 0 Å². The topological polar surface area (TPSA) is 38.0 Å². The molecule has 2 heteroatoms. The summed E-state index contributed by atoms with van der Waals surface area (Å²) in [6.07, 6.45) is 11.0. The molecule has 0 aromatic heterocycles. The quantitative estimate of drug-likeness (QED) is 0.653. The van der Waals surface area contributed by atoms with Crippen LogP contribution >= 0.6 is 0 Å². The molecule has 1 atom stereocenters. The zero-order valence-corrected chi connectivity index (χ0v) is 10.8. The maximum absolute atomic E-state index is 6.10. The van der Waals surface area contributed by atoms with Crippen LogP contribution < -0.4 is 11.1 Å². The molecule has 0 aliphatic heterocycles. The van der Waals surface area contributed by atoms with Gasteiger partial charge in [-0.05, 0) is 56.4 Å². The van der Waals surface area contributed by atoms with Crippen LogP contribution in [0.5, 0.6) is 0 Å². The molecular formula is C14H28N2. The van der Waals surface area contributed by atoms with Crippen LogP contribution in [-0.4, -0.2) is 19.1 Å². The molecule has 2 fully saturated rings. The highest BCUT2D eigenvalue weighted by Gasteiger charge is 2.31. The van der Waals surface area contributed by atoms with Gasteiger partial charge in [0, 0.05) is 12.6 Å².